The van der Waals surface area contributed by atoms with Gasteiger partial charge < -0.3 is 9.13 Å². The highest BCUT2D eigenvalue weighted by atomic mass is 35.5. The SMILES string of the molecule is O=c1c(=O)n(C23CC(C2)C3)ccn1Cc1ccc(Cl)nn1. The molecule has 0 radical (unpaired) electrons. The summed E-state index contributed by atoms with van der Waals surface area (Å²) in [6.07, 6.45) is 6.46. The minimum atomic E-state index is -0.515. The Bertz CT molecular complexity index is 807. The molecule has 5 rings (SSSR count). The maximum absolute atomic E-state index is 12.3. The second kappa shape index (κ2) is 4.27. The van der Waals surface area contributed by atoms with Crippen molar-refractivity contribution in [2.45, 2.75) is 31.3 Å². The van der Waals surface area contributed by atoms with E-state index in [1.54, 1.807) is 29.1 Å². The van der Waals surface area contributed by atoms with Crippen LogP contribution in [0.5, 0.6) is 0 Å². The summed E-state index contributed by atoms with van der Waals surface area (Å²) >= 11 is 5.67. The number of nitrogens with zero attached hydrogens (tertiary/aromatic N) is 4. The minimum Gasteiger partial charge on any atom is -0.303 e. The van der Waals surface area contributed by atoms with Gasteiger partial charge in [-0.2, -0.15) is 5.10 Å². The lowest BCUT2D eigenvalue weighted by molar-refractivity contribution is -0.0919. The van der Waals surface area contributed by atoms with Gasteiger partial charge >= 0.3 is 11.1 Å². The van der Waals surface area contributed by atoms with E-state index in [1.807, 2.05) is 0 Å². The first kappa shape index (κ1) is 12.8. The summed E-state index contributed by atoms with van der Waals surface area (Å²) in [6, 6.07) is 3.30. The molecule has 2 aromatic rings. The van der Waals surface area contributed by atoms with Crippen molar-refractivity contribution >= 4 is 11.6 Å². The number of aromatic nitrogens is 4. The average molecular weight is 305 g/mol. The highest BCUT2D eigenvalue weighted by Crippen LogP contribution is 2.61. The quantitative estimate of drug-likeness (QED) is 0.794. The molecule has 3 aliphatic rings. The normalized spacial score (nSPS) is 26.0. The second-order valence-corrected chi connectivity index (χ2v) is 6.34. The van der Waals surface area contributed by atoms with Gasteiger partial charge in [0.25, 0.3) is 0 Å². The van der Waals surface area contributed by atoms with Crippen molar-refractivity contribution in [2.75, 3.05) is 0 Å². The van der Waals surface area contributed by atoms with E-state index in [2.05, 4.69) is 10.2 Å². The molecule has 2 bridgehead atoms. The average Bonchev–Trinajstić information content (AvgIpc) is 2.37. The highest BCUT2D eigenvalue weighted by molar-refractivity contribution is 6.29. The van der Waals surface area contributed by atoms with Crippen LogP contribution in [0.3, 0.4) is 0 Å². The molecule has 0 aliphatic heterocycles. The van der Waals surface area contributed by atoms with Gasteiger partial charge in [-0.05, 0) is 37.3 Å². The third-order valence-corrected chi connectivity index (χ3v) is 4.80. The van der Waals surface area contributed by atoms with Crippen molar-refractivity contribution in [3.63, 3.8) is 0 Å². The fraction of sp³-hybridized carbons (Fsp3) is 0.429. The Morgan fingerprint density at radius 2 is 1.90 bits per heavy atom. The molecule has 3 saturated carbocycles. The Hall–Kier alpha value is -1.95. The van der Waals surface area contributed by atoms with E-state index in [1.165, 1.54) is 4.57 Å². The maximum Gasteiger partial charge on any atom is 0.316 e. The van der Waals surface area contributed by atoms with Crippen LogP contribution in [0.25, 0.3) is 0 Å². The molecule has 0 atom stereocenters. The van der Waals surface area contributed by atoms with Crippen molar-refractivity contribution in [3.8, 4) is 0 Å². The predicted octanol–water partition coefficient (Wildman–Crippen LogP) is 1.01. The van der Waals surface area contributed by atoms with E-state index in [4.69, 9.17) is 11.6 Å². The molecule has 7 heteroatoms. The molecule has 3 aliphatic carbocycles. The Balaban J connectivity index is 1.67. The fourth-order valence-electron chi connectivity index (χ4n) is 3.34. The van der Waals surface area contributed by atoms with Crippen LogP contribution in [-0.2, 0) is 12.1 Å². The van der Waals surface area contributed by atoms with Crippen LogP contribution < -0.4 is 11.1 Å². The summed E-state index contributed by atoms with van der Waals surface area (Å²) in [5.41, 5.74) is -0.444. The number of hydrogen-bond donors (Lipinski definition) is 0. The second-order valence-electron chi connectivity index (χ2n) is 5.96. The Kier molecular flexibility index (Phi) is 2.60. The van der Waals surface area contributed by atoms with E-state index >= 15 is 0 Å². The zero-order valence-electron chi connectivity index (χ0n) is 11.2. The molecule has 108 valence electrons. The van der Waals surface area contributed by atoms with Gasteiger partial charge in [0, 0.05) is 17.9 Å². The Morgan fingerprint density at radius 1 is 1.14 bits per heavy atom. The van der Waals surface area contributed by atoms with E-state index in [0.717, 1.165) is 25.2 Å². The first-order valence-electron chi connectivity index (χ1n) is 6.88. The van der Waals surface area contributed by atoms with Crippen LogP contribution >= 0.6 is 11.6 Å². The molecule has 0 N–H and O–H groups in total. The van der Waals surface area contributed by atoms with Crippen LogP contribution in [0, 0.1) is 5.92 Å². The van der Waals surface area contributed by atoms with Gasteiger partial charge in [-0.3, -0.25) is 9.59 Å². The van der Waals surface area contributed by atoms with Crippen LogP contribution in [0.4, 0.5) is 0 Å². The van der Waals surface area contributed by atoms with Gasteiger partial charge in [0.2, 0.25) is 0 Å². The predicted molar refractivity (Wildman–Crippen MR) is 76.4 cm³/mol. The minimum absolute atomic E-state index is 0.0694. The van der Waals surface area contributed by atoms with Gasteiger partial charge in [-0.15, -0.1) is 5.10 Å². The molecule has 0 aromatic carbocycles. The van der Waals surface area contributed by atoms with Crippen LogP contribution in [0.2, 0.25) is 5.15 Å². The topological polar surface area (TPSA) is 69.8 Å². The Labute approximate surface area is 125 Å². The molecule has 0 amide bonds. The van der Waals surface area contributed by atoms with Crippen molar-refractivity contribution in [3.05, 3.63) is 56.1 Å². The van der Waals surface area contributed by atoms with Gasteiger partial charge in [0.1, 0.15) is 0 Å². The summed E-state index contributed by atoms with van der Waals surface area (Å²) in [4.78, 5) is 24.5. The van der Waals surface area contributed by atoms with E-state index in [-0.39, 0.29) is 12.1 Å². The van der Waals surface area contributed by atoms with E-state index < -0.39 is 11.1 Å². The molecular formula is C14H13ClN4O2. The smallest absolute Gasteiger partial charge is 0.303 e. The molecule has 0 saturated heterocycles. The maximum atomic E-state index is 12.3. The van der Waals surface area contributed by atoms with Crippen molar-refractivity contribution in [2.24, 2.45) is 5.92 Å². The molecule has 0 spiro atoms. The third-order valence-electron chi connectivity index (χ3n) is 4.59. The zero-order valence-corrected chi connectivity index (χ0v) is 12.0. The molecule has 3 fully saturated rings. The van der Waals surface area contributed by atoms with Gasteiger partial charge in [-0.25, -0.2) is 0 Å². The highest BCUT2D eigenvalue weighted by Gasteiger charge is 2.58. The zero-order chi connectivity index (χ0) is 14.6. The van der Waals surface area contributed by atoms with Crippen LogP contribution in [0.15, 0.2) is 34.1 Å². The summed E-state index contributed by atoms with van der Waals surface area (Å²) in [5, 5.41) is 7.93. The van der Waals surface area contributed by atoms with Gasteiger partial charge in [-0.1, -0.05) is 11.6 Å². The summed E-state index contributed by atoms with van der Waals surface area (Å²) in [7, 11) is 0. The van der Waals surface area contributed by atoms with Gasteiger partial charge in [0.15, 0.2) is 5.15 Å². The first-order valence-corrected chi connectivity index (χ1v) is 7.26. The monoisotopic (exact) mass is 304 g/mol. The summed E-state index contributed by atoms with van der Waals surface area (Å²) in [5.74, 6) is 0.753. The summed E-state index contributed by atoms with van der Waals surface area (Å²) in [6.45, 7) is 0.217. The Morgan fingerprint density at radius 3 is 2.48 bits per heavy atom. The number of halogens is 1. The first-order chi connectivity index (χ1) is 10.1. The van der Waals surface area contributed by atoms with E-state index in [0.29, 0.717) is 10.8 Å². The molecule has 0 unspecified atom stereocenters. The lowest BCUT2D eigenvalue weighted by atomic mass is 9.49. The molecule has 21 heavy (non-hydrogen) atoms. The summed E-state index contributed by atoms with van der Waals surface area (Å²) < 4.78 is 2.99. The fourth-order valence-corrected chi connectivity index (χ4v) is 3.44. The van der Waals surface area contributed by atoms with Crippen molar-refractivity contribution in [1.82, 2.24) is 19.3 Å². The molecule has 6 nitrogen and oxygen atoms in total. The lowest BCUT2D eigenvalue weighted by Crippen LogP contribution is -2.64. The number of rotatable bonds is 3. The van der Waals surface area contributed by atoms with Crippen LogP contribution in [-0.4, -0.2) is 19.3 Å². The van der Waals surface area contributed by atoms with Gasteiger partial charge in [0.05, 0.1) is 12.2 Å². The molecule has 2 heterocycles. The largest absolute Gasteiger partial charge is 0.316 e. The van der Waals surface area contributed by atoms with Crippen molar-refractivity contribution in [1.29, 1.82) is 0 Å². The van der Waals surface area contributed by atoms with Crippen molar-refractivity contribution < 1.29 is 0 Å². The lowest BCUT2D eigenvalue weighted by Gasteiger charge is -2.62. The number of hydrogen-bond acceptors (Lipinski definition) is 4. The third kappa shape index (κ3) is 1.86. The molecule has 2 aromatic heterocycles. The van der Waals surface area contributed by atoms with Crippen LogP contribution in [0.1, 0.15) is 25.0 Å². The van der Waals surface area contributed by atoms with E-state index in [9.17, 15) is 9.59 Å². The standard InChI is InChI=1S/C14H13ClN4O2/c15-11-2-1-10(16-17-11)8-18-3-4-19(13(21)12(18)20)14-5-9(6-14)7-14/h1-4,9H,5-8H2. The molecular weight excluding hydrogens is 292 g/mol.